The highest BCUT2D eigenvalue weighted by molar-refractivity contribution is 14.1. The van der Waals surface area contributed by atoms with Crippen LogP contribution < -0.4 is 5.73 Å². The predicted molar refractivity (Wildman–Crippen MR) is 77.9 cm³/mol. The van der Waals surface area contributed by atoms with Crippen molar-refractivity contribution in [2.45, 2.75) is 45.6 Å². The Morgan fingerprint density at radius 2 is 2.00 bits per heavy atom. The molecule has 0 spiro atoms. The largest absolute Gasteiger partial charge is 0.383 e. The van der Waals surface area contributed by atoms with E-state index in [-0.39, 0.29) is 6.10 Å². The first-order valence-corrected chi connectivity index (χ1v) is 6.94. The molecule has 0 aliphatic rings. The number of rotatable bonds is 5. The zero-order chi connectivity index (χ0) is 13.0. The molecule has 2 N–H and O–H groups in total. The maximum absolute atomic E-state index is 5.93. The molecule has 0 fully saturated rings. The first kappa shape index (κ1) is 14.6. The van der Waals surface area contributed by atoms with Gasteiger partial charge in [-0.1, -0.05) is 27.2 Å². The van der Waals surface area contributed by atoms with Crippen molar-refractivity contribution in [3.63, 3.8) is 0 Å². The topological polar surface area (TPSA) is 61.0 Å². The average Bonchev–Trinajstić information content (AvgIpc) is 2.29. The fourth-order valence-corrected chi connectivity index (χ4v) is 2.51. The molecular weight excluding hydrogens is 329 g/mol. The van der Waals surface area contributed by atoms with Crippen LogP contribution in [0.1, 0.15) is 57.2 Å². The van der Waals surface area contributed by atoms with Crippen LogP contribution >= 0.6 is 22.6 Å². The first-order valence-electron chi connectivity index (χ1n) is 5.86. The summed E-state index contributed by atoms with van der Waals surface area (Å²) < 4.78 is 6.37. The summed E-state index contributed by atoms with van der Waals surface area (Å²) >= 11 is 2.20. The Kier molecular flexibility index (Phi) is 5.58. The van der Waals surface area contributed by atoms with Gasteiger partial charge < -0.3 is 10.5 Å². The summed E-state index contributed by atoms with van der Waals surface area (Å²) in [5.41, 5.74) is 6.94. The molecular formula is C12H20IN3O. The molecule has 0 amide bonds. The number of hydrogen-bond acceptors (Lipinski definition) is 4. The van der Waals surface area contributed by atoms with E-state index in [9.17, 15) is 0 Å². The van der Waals surface area contributed by atoms with E-state index in [1.807, 2.05) is 0 Å². The maximum Gasteiger partial charge on any atom is 0.159 e. The number of aromatic nitrogens is 2. The molecule has 1 aromatic heterocycles. The third-order valence-electron chi connectivity index (χ3n) is 2.59. The average molecular weight is 349 g/mol. The standard InChI is InChI=1S/C12H20IN3O/c1-5-6-8(17-4)12-15-10(7(2)3)9(13)11(14)16-12/h7-8H,5-6H2,1-4H3,(H2,14,15,16). The fourth-order valence-electron chi connectivity index (χ4n) is 1.64. The molecule has 0 radical (unpaired) electrons. The van der Waals surface area contributed by atoms with Gasteiger partial charge in [0.2, 0.25) is 0 Å². The van der Waals surface area contributed by atoms with E-state index in [2.05, 4.69) is 53.3 Å². The Bertz CT molecular complexity index is 382. The minimum atomic E-state index is -0.0585. The third kappa shape index (κ3) is 3.51. The van der Waals surface area contributed by atoms with Crippen LogP contribution in [0.15, 0.2) is 0 Å². The molecule has 1 unspecified atom stereocenters. The lowest BCUT2D eigenvalue weighted by atomic mass is 10.1. The Balaban J connectivity index is 3.17. The summed E-state index contributed by atoms with van der Waals surface area (Å²) in [6.07, 6.45) is 1.88. The summed E-state index contributed by atoms with van der Waals surface area (Å²) in [7, 11) is 1.69. The number of nitrogen functional groups attached to an aromatic ring is 1. The molecule has 96 valence electrons. The maximum atomic E-state index is 5.93. The van der Waals surface area contributed by atoms with Crippen molar-refractivity contribution < 1.29 is 4.74 Å². The lowest BCUT2D eigenvalue weighted by Gasteiger charge is -2.17. The van der Waals surface area contributed by atoms with Gasteiger partial charge in [-0.2, -0.15) is 0 Å². The molecule has 0 aliphatic carbocycles. The molecule has 1 atom stereocenters. The van der Waals surface area contributed by atoms with Crippen LogP contribution in [0.25, 0.3) is 0 Å². The van der Waals surface area contributed by atoms with Crippen LogP contribution in [0.3, 0.4) is 0 Å². The molecule has 0 saturated heterocycles. The second-order valence-electron chi connectivity index (χ2n) is 4.33. The van der Waals surface area contributed by atoms with E-state index < -0.39 is 0 Å². The molecule has 4 nitrogen and oxygen atoms in total. The van der Waals surface area contributed by atoms with Crippen molar-refractivity contribution in [3.05, 3.63) is 15.1 Å². The Morgan fingerprint density at radius 3 is 2.47 bits per heavy atom. The van der Waals surface area contributed by atoms with Gasteiger partial charge in [0.1, 0.15) is 11.9 Å². The number of nitrogens with two attached hydrogens (primary N) is 1. The van der Waals surface area contributed by atoms with E-state index in [1.165, 1.54) is 0 Å². The van der Waals surface area contributed by atoms with Gasteiger partial charge in [-0.15, -0.1) is 0 Å². The highest BCUT2D eigenvalue weighted by Crippen LogP contribution is 2.27. The van der Waals surface area contributed by atoms with Crippen molar-refractivity contribution in [1.82, 2.24) is 9.97 Å². The predicted octanol–water partition coefficient (Wildman–Crippen LogP) is 3.27. The van der Waals surface area contributed by atoms with Crippen LogP contribution in [-0.4, -0.2) is 17.1 Å². The third-order valence-corrected chi connectivity index (χ3v) is 3.70. The van der Waals surface area contributed by atoms with Gasteiger partial charge in [0.05, 0.1) is 9.26 Å². The van der Waals surface area contributed by atoms with Crippen LogP contribution in [0, 0.1) is 3.57 Å². The van der Waals surface area contributed by atoms with E-state index in [1.54, 1.807) is 7.11 Å². The summed E-state index contributed by atoms with van der Waals surface area (Å²) in [5.74, 6) is 1.60. The summed E-state index contributed by atoms with van der Waals surface area (Å²) in [4.78, 5) is 8.94. The molecule has 1 aromatic rings. The smallest absolute Gasteiger partial charge is 0.159 e. The Labute approximate surface area is 117 Å². The second kappa shape index (κ2) is 6.49. The van der Waals surface area contributed by atoms with Crippen molar-refractivity contribution in [2.24, 2.45) is 0 Å². The molecule has 1 rings (SSSR count). The molecule has 17 heavy (non-hydrogen) atoms. The van der Waals surface area contributed by atoms with E-state index in [4.69, 9.17) is 10.5 Å². The zero-order valence-electron chi connectivity index (χ0n) is 10.8. The molecule has 1 heterocycles. The first-order chi connectivity index (χ1) is 8.01. The SMILES string of the molecule is CCCC(OC)c1nc(N)c(I)c(C(C)C)n1. The minimum Gasteiger partial charge on any atom is -0.383 e. The summed E-state index contributed by atoms with van der Waals surface area (Å²) in [6, 6.07) is 0. The lowest BCUT2D eigenvalue weighted by molar-refractivity contribution is 0.0874. The Morgan fingerprint density at radius 1 is 1.35 bits per heavy atom. The number of ether oxygens (including phenoxy) is 1. The van der Waals surface area contributed by atoms with E-state index >= 15 is 0 Å². The number of anilines is 1. The molecule has 0 aromatic carbocycles. The van der Waals surface area contributed by atoms with E-state index in [0.29, 0.717) is 17.6 Å². The molecule has 0 aliphatic heterocycles. The van der Waals surface area contributed by atoms with Gasteiger partial charge in [-0.3, -0.25) is 0 Å². The quantitative estimate of drug-likeness (QED) is 0.829. The van der Waals surface area contributed by atoms with Crippen LogP contribution in [0.5, 0.6) is 0 Å². The summed E-state index contributed by atoms with van der Waals surface area (Å²) in [5, 5.41) is 0. The van der Waals surface area contributed by atoms with Crippen LogP contribution in [0.2, 0.25) is 0 Å². The van der Waals surface area contributed by atoms with Gasteiger partial charge in [0.25, 0.3) is 0 Å². The zero-order valence-corrected chi connectivity index (χ0v) is 13.0. The van der Waals surface area contributed by atoms with Gasteiger partial charge in [0, 0.05) is 7.11 Å². The van der Waals surface area contributed by atoms with Crippen molar-refractivity contribution in [3.8, 4) is 0 Å². The van der Waals surface area contributed by atoms with E-state index in [0.717, 1.165) is 22.1 Å². The highest BCUT2D eigenvalue weighted by atomic mass is 127. The fraction of sp³-hybridized carbons (Fsp3) is 0.667. The monoisotopic (exact) mass is 349 g/mol. The van der Waals surface area contributed by atoms with Crippen LogP contribution in [0.4, 0.5) is 5.82 Å². The van der Waals surface area contributed by atoms with Crippen molar-refractivity contribution >= 4 is 28.4 Å². The van der Waals surface area contributed by atoms with Gasteiger partial charge in [-0.05, 0) is 34.9 Å². The highest BCUT2D eigenvalue weighted by Gasteiger charge is 2.18. The minimum absolute atomic E-state index is 0.0585. The molecule has 5 heteroatoms. The summed E-state index contributed by atoms with van der Waals surface area (Å²) in [6.45, 7) is 6.33. The molecule has 0 bridgehead atoms. The number of hydrogen-bond donors (Lipinski definition) is 1. The number of halogens is 1. The normalized spacial score (nSPS) is 13.1. The van der Waals surface area contributed by atoms with Gasteiger partial charge in [-0.25, -0.2) is 9.97 Å². The van der Waals surface area contributed by atoms with Crippen molar-refractivity contribution in [2.75, 3.05) is 12.8 Å². The van der Waals surface area contributed by atoms with Crippen LogP contribution in [-0.2, 0) is 4.74 Å². The molecule has 0 saturated carbocycles. The van der Waals surface area contributed by atoms with Gasteiger partial charge >= 0.3 is 0 Å². The van der Waals surface area contributed by atoms with Crippen molar-refractivity contribution in [1.29, 1.82) is 0 Å². The number of methoxy groups -OCH3 is 1. The van der Waals surface area contributed by atoms with Gasteiger partial charge in [0.15, 0.2) is 5.82 Å². The number of nitrogens with zero attached hydrogens (tertiary/aromatic N) is 2. The Hall–Kier alpha value is -0.430. The second-order valence-corrected chi connectivity index (χ2v) is 5.41. The lowest BCUT2D eigenvalue weighted by Crippen LogP contribution is -2.13.